The van der Waals surface area contributed by atoms with Gasteiger partial charge >= 0.3 is 5.97 Å². The molecule has 0 aromatic heterocycles. The number of amides is 1. The lowest BCUT2D eigenvalue weighted by Crippen LogP contribution is -2.59. The molecular formula is C16H19N2O4. The van der Waals surface area contributed by atoms with Gasteiger partial charge in [0.1, 0.15) is 5.54 Å². The molecule has 6 nitrogen and oxygen atoms in total. The summed E-state index contributed by atoms with van der Waals surface area (Å²) in [6.07, 6.45) is 1.41. The molecule has 0 aliphatic heterocycles. The predicted octanol–water partition coefficient (Wildman–Crippen LogP) is -0.289. The normalized spacial score (nSPS) is 33.8. The number of benzene rings is 1. The van der Waals surface area contributed by atoms with Gasteiger partial charge in [0.05, 0.1) is 12.1 Å². The maximum atomic E-state index is 12.3. The third-order valence-corrected chi connectivity index (χ3v) is 4.61. The molecule has 0 spiro atoms. The van der Waals surface area contributed by atoms with Crippen molar-refractivity contribution in [3.05, 3.63) is 42.3 Å². The molecule has 5 N–H and O–H groups in total. The average molecular weight is 303 g/mol. The van der Waals surface area contributed by atoms with Crippen molar-refractivity contribution in [1.29, 1.82) is 0 Å². The minimum atomic E-state index is -1.42. The summed E-state index contributed by atoms with van der Waals surface area (Å²) >= 11 is 0. The second-order valence-electron chi connectivity index (χ2n) is 6.13. The molecule has 22 heavy (non-hydrogen) atoms. The Balaban J connectivity index is 1.69. The van der Waals surface area contributed by atoms with Gasteiger partial charge in [-0.05, 0) is 24.3 Å². The fourth-order valence-electron chi connectivity index (χ4n) is 3.33. The van der Waals surface area contributed by atoms with Gasteiger partial charge in [-0.2, -0.15) is 0 Å². The lowest BCUT2D eigenvalue weighted by molar-refractivity contribution is -0.149. The molecule has 6 heteroatoms. The molecule has 0 bridgehead atoms. The van der Waals surface area contributed by atoms with E-state index in [0.29, 0.717) is 6.42 Å². The molecule has 0 saturated heterocycles. The largest absolute Gasteiger partial charge is 0.479 e. The van der Waals surface area contributed by atoms with Gasteiger partial charge in [-0.1, -0.05) is 30.3 Å². The first-order valence-corrected chi connectivity index (χ1v) is 7.32. The van der Waals surface area contributed by atoms with E-state index in [4.69, 9.17) is 5.73 Å². The van der Waals surface area contributed by atoms with E-state index in [9.17, 15) is 19.8 Å². The Kier molecular flexibility index (Phi) is 3.66. The number of carboxylic acid groups (broad SMARTS) is 1. The predicted molar refractivity (Wildman–Crippen MR) is 78.5 cm³/mol. The molecule has 1 amide bonds. The van der Waals surface area contributed by atoms with Crippen molar-refractivity contribution in [2.24, 2.45) is 17.6 Å². The lowest BCUT2D eigenvalue weighted by atomic mass is 9.91. The first-order valence-electron chi connectivity index (χ1n) is 7.32. The van der Waals surface area contributed by atoms with Gasteiger partial charge < -0.3 is 21.3 Å². The zero-order chi connectivity index (χ0) is 15.9. The van der Waals surface area contributed by atoms with Crippen LogP contribution >= 0.6 is 0 Å². The van der Waals surface area contributed by atoms with Crippen molar-refractivity contribution in [3.63, 3.8) is 0 Å². The van der Waals surface area contributed by atoms with Crippen LogP contribution in [0.4, 0.5) is 0 Å². The summed E-state index contributed by atoms with van der Waals surface area (Å²) in [5, 5.41) is 21.9. The van der Waals surface area contributed by atoms with Crippen LogP contribution in [-0.2, 0) is 16.0 Å². The van der Waals surface area contributed by atoms with Crippen LogP contribution in [0.3, 0.4) is 0 Å². The maximum absolute atomic E-state index is 12.3. The molecule has 1 aromatic carbocycles. The van der Waals surface area contributed by atoms with Crippen LogP contribution in [-0.4, -0.2) is 39.8 Å². The summed E-state index contributed by atoms with van der Waals surface area (Å²) in [7, 11) is 0. The van der Waals surface area contributed by atoms with E-state index in [1.54, 1.807) is 6.42 Å². The van der Waals surface area contributed by atoms with Crippen LogP contribution in [0.1, 0.15) is 12.0 Å². The van der Waals surface area contributed by atoms with Gasteiger partial charge in [0.25, 0.3) is 0 Å². The second-order valence-corrected chi connectivity index (χ2v) is 6.13. The van der Waals surface area contributed by atoms with E-state index < -0.39 is 29.6 Å². The molecular weight excluding hydrogens is 284 g/mol. The van der Waals surface area contributed by atoms with E-state index in [1.807, 2.05) is 30.3 Å². The molecule has 2 aliphatic rings. The Morgan fingerprint density at radius 3 is 2.55 bits per heavy atom. The van der Waals surface area contributed by atoms with Crippen LogP contribution in [0.15, 0.2) is 30.3 Å². The molecule has 1 aromatic rings. The molecule has 2 aliphatic carbocycles. The van der Waals surface area contributed by atoms with Crippen LogP contribution in [0, 0.1) is 18.3 Å². The summed E-state index contributed by atoms with van der Waals surface area (Å²) in [5.74, 6) is -2.07. The van der Waals surface area contributed by atoms with Crippen molar-refractivity contribution in [3.8, 4) is 0 Å². The van der Waals surface area contributed by atoms with Gasteiger partial charge in [0, 0.05) is 12.3 Å². The standard InChI is InChI=1S/C16H19N2O4/c17-12(6-9-4-2-1-3-5-9)14(20)18-16(15(21)22)8-13(19)10-7-11(10)16/h1-5,7,10-13,19H,6,8,17H2,(H,18,20)(H,21,22)/t10-,11+,12-,13-,16-/m0/s1. The minimum Gasteiger partial charge on any atom is -0.479 e. The number of carbonyl (C=O) groups is 2. The van der Waals surface area contributed by atoms with Crippen LogP contribution in [0.2, 0.25) is 0 Å². The number of nitrogens with two attached hydrogens (primary N) is 1. The van der Waals surface area contributed by atoms with Crippen molar-refractivity contribution in [1.82, 2.24) is 5.32 Å². The van der Waals surface area contributed by atoms with E-state index in [-0.39, 0.29) is 18.3 Å². The summed E-state index contributed by atoms with van der Waals surface area (Å²) in [5.41, 5.74) is 5.40. The van der Waals surface area contributed by atoms with Crippen molar-refractivity contribution in [2.45, 2.75) is 30.5 Å². The number of carbonyl (C=O) groups excluding carboxylic acids is 1. The molecule has 0 unspecified atom stereocenters. The zero-order valence-electron chi connectivity index (χ0n) is 12.0. The summed E-state index contributed by atoms with van der Waals surface area (Å²) in [6, 6.07) is 8.49. The van der Waals surface area contributed by atoms with Gasteiger partial charge in [-0.25, -0.2) is 4.79 Å². The highest BCUT2D eigenvalue weighted by atomic mass is 16.4. The van der Waals surface area contributed by atoms with Crippen LogP contribution < -0.4 is 11.1 Å². The quantitative estimate of drug-likeness (QED) is 0.597. The Bertz CT molecular complexity index is 591. The number of aliphatic hydroxyl groups excluding tert-OH is 1. The van der Waals surface area contributed by atoms with Crippen LogP contribution in [0.5, 0.6) is 0 Å². The summed E-state index contributed by atoms with van der Waals surface area (Å²) in [6.45, 7) is 0. The Labute approximate surface area is 128 Å². The number of hydrogen-bond acceptors (Lipinski definition) is 4. The highest BCUT2D eigenvalue weighted by Gasteiger charge is 2.67. The van der Waals surface area contributed by atoms with E-state index in [0.717, 1.165) is 5.56 Å². The molecule has 117 valence electrons. The first kappa shape index (κ1) is 15.0. The molecule has 5 atom stereocenters. The smallest absolute Gasteiger partial charge is 0.329 e. The third-order valence-electron chi connectivity index (χ3n) is 4.61. The van der Waals surface area contributed by atoms with E-state index in [2.05, 4.69) is 5.32 Å². The number of hydrogen-bond donors (Lipinski definition) is 4. The number of nitrogens with one attached hydrogen (secondary N) is 1. The second kappa shape index (κ2) is 5.37. The summed E-state index contributed by atoms with van der Waals surface area (Å²) in [4.78, 5) is 23.9. The van der Waals surface area contributed by atoms with Crippen molar-refractivity contribution in [2.75, 3.05) is 0 Å². The molecule has 2 fully saturated rings. The van der Waals surface area contributed by atoms with Crippen molar-refractivity contribution < 1.29 is 19.8 Å². The Morgan fingerprint density at radius 1 is 1.36 bits per heavy atom. The minimum absolute atomic E-state index is 0.0258. The number of aliphatic carboxylic acids is 1. The molecule has 3 rings (SSSR count). The van der Waals surface area contributed by atoms with Crippen LogP contribution in [0.25, 0.3) is 0 Å². The maximum Gasteiger partial charge on any atom is 0.329 e. The van der Waals surface area contributed by atoms with Gasteiger partial charge in [0.15, 0.2) is 0 Å². The number of carboxylic acids is 1. The van der Waals surface area contributed by atoms with Gasteiger partial charge in [-0.15, -0.1) is 0 Å². The van der Waals surface area contributed by atoms with E-state index in [1.165, 1.54) is 0 Å². The Morgan fingerprint density at radius 2 is 2.05 bits per heavy atom. The SMILES string of the molecule is N[C@@H](Cc1ccccc1)C(=O)N[C@@]1(C(=O)O)C[C@H](O)[C@H]2[CH][C@H]21. The van der Waals surface area contributed by atoms with E-state index >= 15 is 0 Å². The summed E-state index contributed by atoms with van der Waals surface area (Å²) < 4.78 is 0. The van der Waals surface area contributed by atoms with Gasteiger partial charge in [-0.3, -0.25) is 4.79 Å². The van der Waals surface area contributed by atoms with Crippen molar-refractivity contribution >= 4 is 11.9 Å². The molecule has 2 saturated carbocycles. The first-order chi connectivity index (χ1) is 10.4. The number of rotatable bonds is 5. The average Bonchev–Trinajstić information content (AvgIpc) is 3.23. The highest BCUT2D eigenvalue weighted by Crippen LogP contribution is 2.56. The number of fused-ring (bicyclic) bond motifs is 1. The van der Waals surface area contributed by atoms with Gasteiger partial charge in [0.2, 0.25) is 5.91 Å². The third kappa shape index (κ3) is 2.48. The Hall–Kier alpha value is -1.92. The molecule has 1 radical (unpaired) electrons. The molecule has 0 heterocycles. The fourth-order valence-corrected chi connectivity index (χ4v) is 3.33. The lowest BCUT2D eigenvalue weighted by Gasteiger charge is -2.29. The fraction of sp³-hybridized carbons (Fsp3) is 0.438. The zero-order valence-corrected chi connectivity index (χ0v) is 12.0. The monoisotopic (exact) mass is 303 g/mol. The number of aliphatic hydroxyl groups is 1. The topological polar surface area (TPSA) is 113 Å². The highest BCUT2D eigenvalue weighted by molar-refractivity contribution is 5.91.